The fourth-order valence-corrected chi connectivity index (χ4v) is 3.85. The van der Waals surface area contributed by atoms with E-state index in [2.05, 4.69) is 15.0 Å². The molecule has 1 aliphatic rings. The third-order valence-corrected chi connectivity index (χ3v) is 5.43. The molecule has 0 spiro atoms. The van der Waals surface area contributed by atoms with E-state index in [0.29, 0.717) is 11.3 Å². The predicted molar refractivity (Wildman–Crippen MR) is 103 cm³/mol. The third kappa shape index (κ3) is 4.96. The Kier molecular flexibility index (Phi) is 5.92. The lowest BCUT2D eigenvalue weighted by atomic mass is 10.2. The molecule has 8 nitrogen and oxygen atoms in total. The van der Waals surface area contributed by atoms with Crippen LogP contribution >= 0.6 is 0 Å². The highest BCUT2D eigenvalue weighted by atomic mass is 32.2. The lowest BCUT2D eigenvalue weighted by molar-refractivity contribution is -0.152. The molecule has 10 heteroatoms. The molecule has 0 fully saturated rings. The highest BCUT2D eigenvalue weighted by molar-refractivity contribution is 7.90. The topological polar surface area (TPSA) is 114 Å². The molecule has 1 aliphatic heterocycles. The van der Waals surface area contributed by atoms with Crippen LogP contribution in [-0.2, 0) is 24.3 Å². The zero-order valence-corrected chi connectivity index (χ0v) is 16.2. The first-order chi connectivity index (χ1) is 13.8. The Hall–Kier alpha value is -3.27. The molecule has 152 valence electrons. The van der Waals surface area contributed by atoms with Crippen molar-refractivity contribution in [3.05, 3.63) is 59.9 Å². The molecule has 0 radical (unpaired) electrons. The van der Waals surface area contributed by atoms with Crippen molar-refractivity contribution < 1.29 is 27.1 Å². The van der Waals surface area contributed by atoms with Crippen LogP contribution in [-0.4, -0.2) is 38.8 Å². The van der Waals surface area contributed by atoms with Crippen molar-refractivity contribution >= 4 is 33.4 Å². The summed E-state index contributed by atoms with van der Waals surface area (Å²) in [6.45, 7) is 1.39. The number of esters is 1. The van der Waals surface area contributed by atoms with Crippen molar-refractivity contribution in [2.75, 3.05) is 11.9 Å². The number of hydrogen-bond donors (Lipinski definition) is 2. The van der Waals surface area contributed by atoms with Gasteiger partial charge in [0, 0.05) is 11.3 Å². The highest BCUT2D eigenvalue weighted by Gasteiger charge is 2.30. The maximum atomic E-state index is 12.9. The van der Waals surface area contributed by atoms with Crippen LogP contribution in [0, 0.1) is 5.82 Å². The fourth-order valence-electron chi connectivity index (χ4n) is 2.60. The number of hydrogen-bond acceptors (Lipinski definition) is 6. The van der Waals surface area contributed by atoms with Crippen molar-refractivity contribution in [2.24, 2.45) is 4.99 Å². The molecule has 1 amide bonds. The van der Waals surface area contributed by atoms with E-state index >= 15 is 0 Å². The molecule has 2 aromatic rings. The number of amidine groups is 1. The summed E-state index contributed by atoms with van der Waals surface area (Å²) in [5.74, 6) is -1.49. The van der Waals surface area contributed by atoms with E-state index in [1.165, 1.54) is 37.3 Å². The SMILES string of the molecule is C[C@H](OC(=O)CCN=C1NS(=O)(=O)c2ccccc21)C(=O)Nc1ccc(F)cc1. The molecular weight excluding hydrogens is 401 g/mol. The minimum Gasteiger partial charge on any atom is -0.452 e. The highest BCUT2D eigenvalue weighted by Crippen LogP contribution is 2.22. The Bertz CT molecular complexity index is 1070. The number of nitrogens with one attached hydrogen (secondary N) is 2. The minimum absolute atomic E-state index is 0.0165. The smallest absolute Gasteiger partial charge is 0.308 e. The number of aliphatic imine (C=N–C) groups is 1. The molecule has 1 atom stereocenters. The van der Waals surface area contributed by atoms with Crippen LogP contribution in [0.3, 0.4) is 0 Å². The van der Waals surface area contributed by atoms with E-state index in [9.17, 15) is 22.4 Å². The second-order valence-electron chi connectivity index (χ2n) is 6.21. The van der Waals surface area contributed by atoms with Crippen molar-refractivity contribution in [2.45, 2.75) is 24.3 Å². The monoisotopic (exact) mass is 419 g/mol. The van der Waals surface area contributed by atoms with Crippen molar-refractivity contribution in [1.82, 2.24) is 4.72 Å². The van der Waals surface area contributed by atoms with Gasteiger partial charge in [0.15, 0.2) is 6.10 Å². The van der Waals surface area contributed by atoms with Gasteiger partial charge < -0.3 is 10.1 Å². The molecule has 0 saturated heterocycles. The van der Waals surface area contributed by atoms with Gasteiger partial charge in [0.25, 0.3) is 15.9 Å². The number of fused-ring (bicyclic) bond motifs is 1. The second kappa shape index (κ2) is 8.39. The average molecular weight is 419 g/mol. The van der Waals surface area contributed by atoms with Crippen LogP contribution in [0.25, 0.3) is 0 Å². The number of halogens is 1. The number of carbonyl (C=O) groups excluding carboxylic acids is 2. The molecule has 3 rings (SSSR count). The quantitative estimate of drug-likeness (QED) is 0.694. The molecule has 0 saturated carbocycles. The summed E-state index contributed by atoms with van der Waals surface area (Å²) in [5, 5.41) is 2.51. The summed E-state index contributed by atoms with van der Waals surface area (Å²) in [7, 11) is -3.64. The predicted octanol–water partition coefficient (Wildman–Crippen LogP) is 1.82. The summed E-state index contributed by atoms with van der Waals surface area (Å²) in [6.07, 6.45) is -1.20. The average Bonchev–Trinajstić information content (AvgIpc) is 2.94. The Morgan fingerprint density at radius 1 is 1.17 bits per heavy atom. The van der Waals surface area contributed by atoms with Gasteiger partial charge in [-0.05, 0) is 43.3 Å². The van der Waals surface area contributed by atoms with Crippen LogP contribution in [0.5, 0.6) is 0 Å². The van der Waals surface area contributed by atoms with Crippen molar-refractivity contribution in [3.63, 3.8) is 0 Å². The number of anilines is 1. The van der Waals surface area contributed by atoms with Crippen LogP contribution in [0.2, 0.25) is 0 Å². The largest absolute Gasteiger partial charge is 0.452 e. The summed E-state index contributed by atoms with van der Waals surface area (Å²) in [6, 6.07) is 11.5. The van der Waals surface area contributed by atoms with Gasteiger partial charge >= 0.3 is 5.97 Å². The summed E-state index contributed by atoms with van der Waals surface area (Å²) in [4.78, 5) is 28.2. The van der Waals surface area contributed by atoms with E-state index in [0.717, 1.165) is 0 Å². The number of benzene rings is 2. The fraction of sp³-hybridized carbons (Fsp3) is 0.211. The zero-order chi connectivity index (χ0) is 21.0. The number of nitrogens with zero attached hydrogens (tertiary/aromatic N) is 1. The lowest BCUT2D eigenvalue weighted by Gasteiger charge is -2.13. The Labute approximate surface area is 166 Å². The van der Waals surface area contributed by atoms with Gasteiger partial charge in [-0.15, -0.1) is 0 Å². The molecule has 0 unspecified atom stereocenters. The van der Waals surface area contributed by atoms with Crippen LogP contribution in [0.15, 0.2) is 58.4 Å². The Balaban J connectivity index is 1.52. The Morgan fingerprint density at radius 3 is 2.59 bits per heavy atom. The molecule has 2 N–H and O–H groups in total. The van der Waals surface area contributed by atoms with Gasteiger partial charge in [-0.1, -0.05) is 12.1 Å². The van der Waals surface area contributed by atoms with Gasteiger partial charge in [0.05, 0.1) is 17.9 Å². The molecule has 29 heavy (non-hydrogen) atoms. The molecular formula is C19H18FN3O5S. The van der Waals surface area contributed by atoms with Gasteiger partial charge in [0.1, 0.15) is 11.7 Å². The van der Waals surface area contributed by atoms with Gasteiger partial charge in [-0.25, -0.2) is 12.8 Å². The molecule has 0 bridgehead atoms. The number of rotatable bonds is 6. The summed E-state index contributed by atoms with van der Waals surface area (Å²) < 4.78 is 44.3. The van der Waals surface area contributed by atoms with Crippen LogP contribution < -0.4 is 10.0 Å². The van der Waals surface area contributed by atoms with E-state index in [-0.39, 0.29) is 23.7 Å². The number of sulfonamides is 1. The third-order valence-electron chi connectivity index (χ3n) is 4.04. The maximum absolute atomic E-state index is 12.9. The molecule has 0 aromatic heterocycles. The normalized spacial score (nSPS) is 16.6. The number of amides is 1. The van der Waals surface area contributed by atoms with Crippen LogP contribution in [0.4, 0.5) is 10.1 Å². The first-order valence-electron chi connectivity index (χ1n) is 8.69. The van der Waals surface area contributed by atoms with E-state index in [1.54, 1.807) is 18.2 Å². The molecule has 0 aliphatic carbocycles. The molecule has 1 heterocycles. The standard InChI is InChI=1S/C19H18FN3O5S/c1-12(19(25)22-14-8-6-13(20)7-9-14)28-17(24)10-11-21-18-15-4-2-3-5-16(15)29(26,27)23-18/h2-9,12H,10-11H2,1H3,(H,21,23)(H,22,25)/t12-/m0/s1. The lowest BCUT2D eigenvalue weighted by Crippen LogP contribution is -2.30. The Morgan fingerprint density at radius 2 is 1.86 bits per heavy atom. The van der Waals surface area contributed by atoms with Gasteiger partial charge in [-0.3, -0.25) is 19.3 Å². The van der Waals surface area contributed by atoms with E-state index < -0.39 is 33.8 Å². The van der Waals surface area contributed by atoms with E-state index in [1.807, 2.05) is 0 Å². The minimum atomic E-state index is -3.64. The van der Waals surface area contributed by atoms with Gasteiger partial charge in [0.2, 0.25) is 0 Å². The second-order valence-corrected chi connectivity index (χ2v) is 7.86. The number of ether oxygens (including phenoxy) is 1. The first-order valence-corrected chi connectivity index (χ1v) is 10.2. The van der Waals surface area contributed by atoms with Crippen molar-refractivity contribution in [1.29, 1.82) is 0 Å². The number of carbonyl (C=O) groups is 2. The summed E-state index contributed by atoms with van der Waals surface area (Å²) in [5.41, 5.74) is 0.811. The molecule has 2 aromatic carbocycles. The van der Waals surface area contributed by atoms with E-state index in [4.69, 9.17) is 4.74 Å². The maximum Gasteiger partial charge on any atom is 0.308 e. The van der Waals surface area contributed by atoms with Crippen molar-refractivity contribution in [3.8, 4) is 0 Å². The summed E-state index contributed by atoms with van der Waals surface area (Å²) >= 11 is 0. The van der Waals surface area contributed by atoms with Crippen LogP contribution in [0.1, 0.15) is 18.9 Å². The van der Waals surface area contributed by atoms with Gasteiger partial charge in [-0.2, -0.15) is 0 Å². The zero-order valence-electron chi connectivity index (χ0n) is 15.4. The first kappa shape index (κ1) is 20.5.